The smallest absolute Gasteiger partial charge is 0.274 e. The Balaban J connectivity index is 1.55. The fourth-order valence-corrected chi connectivity index (χ4v) is 3.97. The summed E-state index contributed by atoms with van der Waals surface area (Å²) in [5, 5.41) is 20.3. The van der Waals surface area contributed by atoms with Crippen LogP contribution in [0.4, 0.5) is 11.5 Å². The molecule has 2 amide bonds. The summed E-state index contributed by atoms with van der Waals surface area (Å²) >= 11 is 11.9. The summed E-state index contributed by atoms with van der Waals surface area (Å²) in [7, 11) is 3.82. The van der Waals surface area contributed by atoms with Gasteiger partial charge in [0.15, 0.2) is 0 Å². The molecule has 200 valence electrons. The molecule has 0 atom stereocenters. The molecule has 2 aromatic heterocycles. The monoisotopic (exact) mass is 566 g/mol. The highest BCUT2D eigenvalue weighted by molar-refractivity contribution is 6.32. The summed E-state index contributed by atoms with van der Waals surface area (Å²) in [6, 6.07) is 13.6. The maximum Gasteiger partial charge on any atom is 0.274 e. The lowest BCUT2D eigenvalue weighted by molar-refractivity contribution is 0.102. The molecule has 12 heteroatoms. The second kappa shape index (κ2) is 12.1. The lowest BCUT2D eigenvalue weighted by atomic mass is 10.0. The van der Waals surface area contributed by atoms with Crippen LogP contribution in [-0.2, 0) is 6.54 Å². The molecule has 10 nitrogen and oxygen atoms in total. The van der Waals surface area contributed by atoms with Gasteiger partial charge in [-0.25, -0.2) is 9.67 Å². The third kappa shape index (κ3) is 6.80. The van der Waals surface area contributed by atoms with E-state index in [1.165, 1.54) is 29.1 Å². The van der Waals surface area contributed by atoms with E-state index >= 15 is 0 Å². The van der Waals surface area contributed by atoms with Gasteiger partial charge in [-0.3, -0.25) is 14.4 Å². The first kappa shape index (κ1) is 27.8. The highest BCUT2D eigenvalue weighted by Crippen LogP contribution is 2.32. The van der Waals surface area contributed by atoms with E-state index in [0.717, 1.165) is 0 Å². The molecule has 0 aliphatic rings. The molecular formula is C27H24Cl2N6O4. The minimum atomic E-state index is -0.656. The van der Waals surface area contributed by atoms with Crippen LogP contribution in [-0.4, -0.2) is 57.2 Å². The fourth-order valence-electron chi connectivity index (χ4n) is 3.65. The molecule has 0 fully saturated rings. The van der Waals surface area contributed by atoms with Crippen molar-refractivity contribution in [3.8, 4) is 16.9 Å². The van der Waals surface area contributed by atoms with Gasteiger partial charge >= 0.3 is 0 Å². The molecule has 0 unspecified atom stereocenters. The van der Waals surface area contributed by atoms with Crippen molar-refractivity contribution in [2.24, 2.45) is 0 Å². The summed E-state index contributed by atoms with van der Waals surface area (Å²) < 4.78 is 1.39. The van der Waals surface area contributed by atoms with Gasteiger partial charge in [-0.2, -0.15) is 5.10 Å². The summed E-state index contributed by atoms with van der Waals surface area (Å²) in [6.07, 6.45) is 2.92. The molecule has 0 spiro atoms. The van der Waals surface area contributed by atoms with E-state index in [-0.39, 0.29) is 33.2 Å². The van der Waals surface area contributed by atoms with Crippen molar-refractivity contribution in [3.63, 3.8) is 0 Å². The van der Waals surface area contributed by atoms with Crippen LogP contribution >= 0.6 is 23.2 Å². The van der Waals surface area contributed by atoms with E-state index in [1.54, 1.807) is 42.6 Å². The standard InChI is InChI=1S/C27H24Cl2N6O4/c1-34(2)11-12-35-27(39)20(9-10-31-35)16-3-5-17(6-4-16)25(37)33-24-21(13-19(29)14-22(24)36)26(38)32-23-8-7-18(28)15-30-23/h3-10,13-15,36H,11-12H2,1-2H3,(H,33,37)(H,30,32,38). The second-order valence-corrected chi connectivity index (χ2v) is 9.64. The van der Waals surface area contributed by atoms with Gasteiger partial charge < -0.3 is 20.6 Å². The summed E-state index contributed by atoms with van der Waals surface area (Å²) in [4.78, 5) is 44.8. The van der Waals surface area contributed by atoms with Crippen molar-refractivity contribution in [2.75, 3.05) is 31.3 Å². The third-order valence-corrected chi connectivity index (χ3v) is 6.11. The Morgan fingerprint density at radius 3 is 2.38 bits per heavy atom. The SMILES string of the molecule is CN(C)CCn1nccc(-c2ccc(C(=O)Nc3c(O)cc(Cl)cc3C(=O)Nc3ccc(Cl)cn3)cc2)c1=O. The molecule has 2 aromatic carbocycles. The summed E-state index contributed by atoms with van der Waals surface area (Å²) in [5.74, 6) is -1.42. The lowest BCUT2D eigenvalue weighted by Gasteiger charge is -2.14. The first-order valence-corrected chi connectivity index (χ1v) is 12.5. The third-order valence-electron chi connectivity index (χ3n) is 5.66. The van der Waals surface area contributed by atoms with Gasteiger partial charge in [0, 0.05) is 35.6 Å². The van der Waals surface area contributed by atoms with E-state index in [4.69, 9.17) is 23.2 Å². The van der Waals surface area contributed by atoms with Gasteiger partial charge in [-0.1, -0.05) is 35.3 Å². The number of phenolic OH excluding ortho intramolecular Hbond substituents is 1. The number of phenols is 1. The van der Waals surface area contributed by atoms with Crippen LogP contribution in [0.25, 0.3) is 11.1 Å². The molecule has 4 aromatic rings. The number of carbonyl (C=O) groups excluding carboxylic acids is 2. The van der Waals surface area contributed by atoms with E-state index in [0.29, 0.717) is 29.2 Å². The number of benzene rings is 2. The van der Waals surface area contributed by atoms with Crippen LogP contribution in [0.1, 0.15) is 20.7 Å². The normalized spacial score (nSPS) is 10.9. The Labute approximate surface area is 233 Å². The zero-order valence-corrected chi connectivity index (χ0v) is 22.5. The van der Waals surface area contributed by atoms with Crippen LogP contribution in [0.2, 0.25) is 10.0 Å². The number of pyridine rings is 1. The van der Waals surface area contributed by atoms with Crippen molar-refractivity contribution in [1.29, 1.82) is 0 Å². The van der Waals surface area contributed by atoms with Gasteiger partial charge in [0.05, 0.1) is 28.4 Å². The summed E-state index contributed by atoms with van der Waals surface area (Å²) in [6.45, 7) is 1.10. The van der Waals surface area contributed by atoms with Crippen LogP contribution < -0.4 is 16.2 Å². The van der Waals surface area contributed by atoms with Crippen molar-refractivity contribution in [2.45, 2.75) is 6.54 Å². The zero-order chi connectivity index (χ0) is 28.1. The second-order valence-electron chi connectivity index (χ2n) is 8.77. The molecule has 4 rings (SSSR count). The van der Waals surface area contributed by atoms with E-state index in [2.05, 4.69) is 20.7 Å². The average molecular weight is 567 g/mol. The number of carbonyl (C=O) groups is 2. The molecular weight excluding hydrogens is 543 g/mol. The van der Waals surface area contributed by atoms with Crippen molar-refractivity contribution in [1.82, 2.24) is 19.7 Å². The number of hydrogen-bond donors (Lipinski definition) is 3. The molecule has 0 aliphatic heterocycles. The molecule has 0 radical (unpaired) electrons. The first-order valence-electron chi connectivity index (χ1n) is 11.7. The van der Waals surface area contributed by atoms with Crippen molar-refractivity contribution < 1.29 is 14.7 Å². The largest absolute Gasteiger partial charge is 0.506 e. The number of nitrogens with one attached hydrogen (secondary N) is 2. The minimum absolute atomic E-state index is 0.0724. The highest BCUT2D eigenvalue weighted by Gasteiger charge is 2.20. The number of hydrogen-bond acceptors (Lipinski definition) is 7. The Hall–Kier alpha value is -4.25. The number of halogens is 2. The van der Waals surface area contributed by atoms with Crippen molar-refractivity contribution >= 4 is 46.5 Å². The number of aromatic nitrogens is 3. The van der Waals surface area contributed by atoms with Crippen LogP contribution in [0, 0.1) is 0 Å². The van der Waals surface area contributed by atoms with E-state index < -0.39 is 17.6 Å². The predicted molar refractivity (Wildman–Crippen MR) is 151 cm³/mol. The lowest BCUT2D eigenvalue weighted by Crippen LogP contribution is -2.29. The average Bonchev–Trinajstić information content (AvgIpc) is 2.90. The molecule has 3 N–H and O–H groups in total. The minimum Gasteiger partial charge on any atom is -0.506 e. The first-order chi connectivity index (χ1) is 18.6. The van der Waals surface area contributed by atoms with E-state index in [9.17, 15) is 19.5 Å². The molecule has 0 saturated carbocycles. The van der Waals surface area contributed by atoms with Crippen molar-refractivity contribution in [3.05, 3.63) is 98.5 Å². The van der Waals surface area contributed by atoms with Crippen LogP contribution in [0.15, 0.2) is 71.8 Å². The Morgan fingerprint density at radius 1 is 0.974 bits per heavy atom. The molecule has 0 bridgehead atoms. The van der Waals surface area contributed by atoms with E-state index in [1.807, 2.05) is 19.0 Å². The molecule has 39 heavy (non-hydrogen) atoms. The van der Waals surface area contributed by atoms with Gasteiger partial charge in [-0.15, -0.1) is 0 Å². The van der Waals surface area contributed by atoms with Crippen LogP contribution in [0.3, 0.4) is 0 Å². The fraction of sp³-hybridized carbons (Fsp3) is 0.148. The number of amides is 2. The number of nitrogens with zero attached hydrogens (tertiary/aromatic N) is 4. The zero-order valence-electron chi connectivity index (χ0n) is 21.0. The van der Waals surface area contributed by atoms with Gasteiger partial charge in [0.2, 0.25) is 0 Å². The maximum atomic E-state index is 13.0. The number of aromatic hydroxyl groups is 1. The number of likely N-dealkylation sites (N-methyl/N-ethyl adjacent to an activating group) is 1. The molecule has 2 heterocycles. The number of rotatable bonds is 8. The van der Waals surface area contributed by atoms with Crippen LogP contribution in [0.5, 0.6) is 5.75 Å². The van der Waals surface area contributed by atoms with Gasteiger partial charge in [0.25, 0.3) is 17.4 Å². The quantitative estimate of drug-likeness (QED) is 0.270. The Kier molecular flexibility index (Phi) is 8.60. The molecule has 0 aliphatic carbocycles. The Bertz CT molecular complexity index is 1570. The predicted octanol–water partition coefficient (Wildman–Crippen LogP) is 4.38. The highest BCUT2D eigenvalue weighted by atomic mass is 35.5. The van der Waals surface area contributed by atoms with Gasteiger partial charge in [0.1, 0.15) is 11.6 Å². The topological polar surface area (TPSA) is 129 Å². The molecule has 0 saturated heterocycles. The number of anilines is 2. The maximum absolute atomic E-state index is 13.0. The van der Waals surface area contributed by atoms with Gasteiger partial charge in [-0.05, 0) is 56.1 Å². The Morgan fingerprint density at radius 2 is 1.72 bits per heavy atom. The summed E-state index contributed by atoms with van der Waals surface area (Å²) in [5.41, 5.74) is 0.854.